The fourth-order valence-electron chi connectivity index (χ4n) is 1.76. The molecule has 2 unspecified atom stereocenters. The van der Waals surface area contributed by atoms with Crippen molar-refractivity contribution >= 4 is 11.6 Å². The van der Waals surface area contributed by atoms with Crippen LogP contribution in [0.25, 0.3) is 0 Å². The van der Waals surface area contributed by atoms with Gasteiger partial charge in [0.1, 0.15) is 5.75 Å². The molecule has 0 heterocycles. The molecule has 1 aromatic carbocycles. The minimum absolute atomic E-state index is 0.0311. The van der Waals surface area contributed by atoms with Crippen LogP contribution in [-0.4, -0.2) is 17.6 Å². The quantitative estimate of drug-likeness (QED) is 0.837. The Hall–Kier alpha value is -0.730. The third-order valence-corrected chi connectivity index (χ3v) is 3.05. The largest absolute Gasteiger partial charge is 0.496 e. The van der Waals surface area contributed by atoms with Crippen LogP contribution >= 0.6 is 11.6 Å². The minimum atomic E-state index is -0.649. The zero-order valence-electron chi connectivity index (χ0n) is 11.1. The predicted octanol–water partition coefficient (Wildman–Crippen LogP) is 3.65. The molecular formula is C14H21ClO2. The van der Waals surface area contributed by atoms with Crippen LogP contribution < -0.4 is 4.74 Å². The Balaban J connectivity index is 3.23. The first-order chi connectivity index (χ1) is 7.77. The molecule has 0 aromatic heterocycles. The number of hydrogen-bond acceptors (Lipinski definition) is 2. The molecule has 0 fully saturated rings. The first kappa shape index (κ1) is 14.3. The lowest BCUT2D eigenvalue weighted by molar-refractivity contribution is 0.177. The van der Waals surface area contributed by atoms with E-state index >= 15 is 0 Å². The molecule has 0 saturated carbocycles. The van der Waals surface area contributed by atoms with Crippen LogP contribution in [0.15, 0.2) is 18.2 Å². The summed E-state index contributed by atoms with van der Waals surface area (Å²) < 4.78 is 5.35. The van der Waals surface area contributed by atoms with Crippen molar-refractivity contribution in [1.82, 2.24) is 0 Å². The summed E-state index contributed by atoms with van der Waals surface area (Å²) in [6.07, 6.45) is -0.649. The molecule has 2 nitrogen and oxygen atoms in total. The van der Waals surface area contributed by atoms with Crippen molar-refractivity contribution in [2.24, 2.45) is 0 Å². The zero-order chi connectivity index (χ0) is 13.2. The normalized spacial score (nSPS) is 15.5. The van der Waals surface area contributed by atoms with Crippen LogP contribution in [0, 0.1) is 0 Å². The average Bonchev–Trinajstić information content (AvgIpc) is 2.25. The molecule has 96 valence electrons. The van der Waals surface area contributed by atoms with Crippen LogP contribution in [0.4, 0.5) is 0 Å². The standard InChI is InChI=1S/C14H21ClO2/c1-9(15)13(16)10-6-7-12(17-5)11(8-10)14(2,3)4/h6-9,13,16H,1-5H3. The lowest BCUT2D eigenvalue weighted by atomic mass is 9.84. The van der Waals surface area contributed by atoms with E-state index in [1.165, 1.54) is 0 Å². The summed E-state index contributed by atoms with van der Waals surface area (Å²) in [5, 5.41) is 9.67. The number of hydrogen-bond donors (Lipinski definition) is 1. The molecule has 0 spiro atoms. The fourth-order valence-corrected chi connectivity index (χ4v) is 1.91. The van der Waals surface area contributed by atoms with Gasteiger partial charge in [-0.05, 0) is 35.6 Å². The number of alkyl halides is 1. The number of rotatable bonds is 3. The Morgan fingerprint density at radius 1 is 1.29 bits per heavy atom. The van der Waals surface area contributed by atoms with E-state index in [0.717, 1.165) is 16.9 Å². The first-order valence-electron chi connectivity index (χ1n) is 5.78. The molecule has 1 N–H and O–H groups in total. The van der Waals surface area contributed by atoms with Crippen LogP contribution in [0.5, 0.6) is 5.75 Å². The molecule has 0 radical (unpaired) electrons. The fraction of sp³-hybridized carbons (Fsp3) is 0.571. The smallest absolute Gasteiger partial charge is 0.122 e. The lowest BCUT2D eigenvalue weighted by Crippen LogP contribution is -2.15. The summed E-state index contributed by atoms with van der Waals surface area (Å²) >= 11 is 5.92. The Morgan fingerprint density at radius 2 is 1.88 bits per heavy atom. The van der Waals surface area contributed by atoms with Crippen LogP contribution in [0.2, 0.25) is 0 Å². The van der Waals surface area contributed by atoms with Crippen LogP contribution in [-0.2, 0) is 5.41 Å². The maximum atomic E-state index is 9.98. The van der Waals surface area contributed by atoms with Crippen molar-refractivity contribution < 1.29 is 9.84 Å². The lowest BCUT2D eigenvalue weighted by Gasteiger charge is -2.24. The minimum Gasteiger partial charge on any atom is -0.496 e. The highest BCUT2D eigenvalue weighted by Gasteiger charge is 2.22. The molecular weight excluding hydrogens is 236 g/mol. The molecule has 0 saturated heterocycles. The van der Waals surface area contributed by atoms with Gasteiger partial charge in [-0.25, -0.2) is 0 Å². The zero-order valence-corrected chi connectivity index (χ0v) is 11.9. The molecule has 0 amide bonds. The third-order valence-electron chi connectivity index (χ3n) is 2.81. The number of aliphatic hydroxyl groups is 1. The van der Waals surface area contributed by atoms with Gasteiger partial charge in [0.25, 0.3) is 0 Å². The Bertz CT molecular complexity index is 380. The maximum Gasteiger partial charge on any atom is 0.122 e. The van der Waals surface area contributed by atoms with E-state index in [1.807, 2.05) is 18.2 Å². The maximum absolute atomic E-state index is 9.98. The van der Waals surface area contributed by atoms with Gasteiger partial charge in [0, 0.05) is 0 Å². The molecule has 1 aromatic rings. The van der Waals surface area contributed by atoms with Gasteiger partial charge >= 0.3 is 0 Å². The van der Waals surface area contributed by atoms with Crippen molar-refractivity contribution in [2.75, 3.05) is 7.11 Å². The van der Waals surface area contributed by atoms with E-state index in [0.29, 0.717) is 0 Å². The third kappa shape index (κ3) is 3.36. The number of ether oxygens (including phenoxy) is 1. The highest BCUT2D eigenvalue weighted by molar-refractivity contribution is 6.20. The van der Waals surface area contributed by atoms with Crippen molar-refractivity contribution in [3.63, 3.8) is 0 Å². The van der Waals surface area contributed by atoms with E-state index in [9.17, 15) is 5.11 Å². The second kappa shape index (κ2) is 5.28. The van der Waals surface area contributed by atoms with Gasteiger partial charge in [0.15, 0.2) is 0 Å². The SMILES string of the molecule is COc1ccc(C(O)C(C)Cl)cc1C(C)(C)C. The number of benzene rings is 1. The first-order valence-corrected chi connectivity index (χ1v) is 6.21. The monoisotopic (exact) mass is 256 g/mol. The molecule has 2 atom stereocenters. The number of halogens is 1. The summed E-state index contributed by atoms with van der Waals surface area (Å²) in [5.41, 5.74) is 1.88. The molecule has 0 bridgehead atoms. The van der Waals surface area contributed by atoms with Gasteiger partial charge < -0.3 is 9.84 Å². The van der Waals surface area contributed by atoms with Gasteiger partial charge in [-0.15, -0.1) is 11.6 Å². The molecule has 0 aliphatic heterocycles. The summed E-state index contributed by atoms with van der Waals surface area (Å²) in [6, 6.07) is 5.72. The Morgan fingerprint density at radius 3 is 2.29 bits per heavy atom. The second-order valence-corrected chi connectivity index (χ2v) is 6.02. The summed E-state index contributed by atoms with van der Waals surface area (Å²) in [7, 11) is 1.66. The number of methoxy groups -OCH3 is 1. The van der Waals surface area contributed by atoms with Crippen molar-refractivity contribution in [3.8, 4) is 5.75 Å². The molecule has 1 rings (SSSR count). The van der Waals surface area contributed by atoms with Gasteiger partial charge in [-0.3, -0.25) is 0 Å². The van der Waals surface area contributed by atoms with E-state index in [2.05, 4.69) is 20.8 Å². The molecule has 0 aliphatic carbocycles. The molecule has 17 heavy (non-hydrogen) atoms. The summed E-state index contributed by atoms with van der Waals surface area (Å²) in [4.78, 5) is 0. The van der Waals surface area contributed by atoms with E-state index in [1.54, 1.807) is 14.0 Å². The second-order valence-electron chi connectivity index (χ2n) is 5.33. The Labute approximate surface area is 109 Å². The predicted molar refractivity (Wildman–Crippen MR) is 72.0 cm³/mol. The van der Waals surface area contributed by atoms with Gasteiger partial charge in [-0.2, -0.15) is 0 Å². The van der Waals surface area contributed by atoms with E-state index in [-0.39, 0.29) is 10.8 Å². The van der Waals surface area contributed by atoms with Crippen LogP contribution in [0.1, 0.15) is 44.9 Å². The van der Waals surface area contributed by atoms with Gasteiger partial charge in [0.05, 0.1) is 18.6 Å². The average molecular weight is 257 g/mol. The highest BCUT2D eigenvalue weighted by atomic mass is 35.5. The van der Waals surface area contributed by atoms with E-state index < -0.39 is 6.10 Å². The summed E-state index contributed by atoms with van der Waals surface area (Å²) in [6.45, 7) is 8.13. The van der Waals surface area contributed by atoms with Crippen LogP contribution in [0.3, 0.4) is 0 Å². The van der Waals surface area contributed by atoms with Crippen molar-refractivity contribution in [3.05, 3.63) is 29.3 Å². The molecule has 0 aliphatic rings. The molecule has 3 heteroatoms. The van der Waals surface area contributed by atoms with Gasteiger partial charge in [0.2, 0.25) is 0 Å². The highest BCUT2D eigenvalue weighted by Crippen LogP contribution is 2.34. The van der Waals surface area contributed by atoms with Crippen molar-refractivity contribution in [1.29, 1.82) is 0 Å². The van der Waals surface area contributed by atoms with Crippen molar-refractivity contribution in [2.45, 2.75) is 44.6 Å². The Kier molecular flexibility index (Phi) is 4.45. The van der Waals surface area contributed by atoms with Gasteiger partial charge in [-0.1, -0.05) is 26.8 Å². The topological polar surface area (TPSA) is 29.5 Å². The summed E-state index contributed by atoms with van der Waals surface area (Å²) in [5.74, 6) is 0.843. The number of aliphatic hydroxyl groups excluding tert-OH is 1. The van der Waals surface area contributed by atoms with E-state index in [4.69, 9.17) is 16.3 Å².